The second-order valence-corrected chi connectivity index (χ2v) is 5.19. The number of fused-ring (bicyclic) bond motifs is 1. The Morgan fingerprint density at radius 2 is 2.25 bits per heavy atom. The van der Waals surface area contributed by atoms with E-state index in [0.717, 1.165) is 0 Å². The van der Waals surface area contributed by atoms with Crippen LogP contribution in [0.1, 0.15) is 24.0 Å². The predicted octanol–water partition coefficient (Wildman–Crippen LogP) is 2.43. The van der Waals surface area contributed by atoms with Gasteiger partial charge in [0.2, 0.25) is 0 Å². The molecule has 2 aliphatic rings. The minimum atomic E-state index is 0.662. The first-order valence-electron chi connectivity index (χ1n) is 6.40. The molecule has 1 aromatic rings. The molecule has 0 radical (unpaired) electrons. The van der Waals surface area contributed by atoms with E-state index in [4.69, 9.17) is 0 Å². The molecule has 2 heterocycles. The monoisotopic (exact) mass is 216 g/mol. The van der Waals surface area contributed by atoms with Gasteiger partial charge in [-0.3, -0.25) is 0 Å². The van der Waals surface area contributed by atoms with Crippen molar-refractivity contribution in [3.05, 3.63) is 29.3 Å². The molecule has 2 nitrogen and oxygen atoms in total. The van der Waals surface area contributed by atoms with Crippen molar-refractivity contribution in [2.45, 2.75) is 32.2 Å². The van der Waals surface area contributed by atoms with E-state index in [1.807, 2.05) is 0 Å². The molecule has 1 N–H and O–H groups in total. The highest BCUT2D eigenvalue weighted by Gasteiger charge is 2.22. The van der Waals surface area contributed by atoms with Crippen LogP contribution in [0.2, 0.25) is 0 Å². The van der Waals surface area contributed by atoms with Gasteiger partial charge < -0.3 is 10.2 Å². The maximum Gasteiger partial charge on any atom is 0.0391 e. The molecule has 0 aliphatic carbocycles. The number of hydrogen-bond acceptors (Lipinski definition) is 2. The lowest BCUT2D eigenvalue weighted by molar-refractivity contribution is 0.171. The summed E-state index contributed by atoms with van der Waals surface area (Å²) in [6.45, 7) is 6.01. The average Bonchev–Trinajstić information content (AvgIpc) is 2.23. The van der Waals surface area contributed by atoms with Gasteiger partial charge in [0.1, 0.15) is 0 Å². The molecule has 0 amide bonds. The number of anilines is 1. The minimum absolute atomic E-state index is 0.662. The normalized spacial score (nSPS) is 24.4. The van der Waals surface area contributed by atoms with E-state index in [1.165, 1.54) is 55.7 Å². The van der Waals surface area contributed by atoms with Crippen LogP contribution in [0.3, 0.4) is 0 Å². The number of aryl methyl sites for hydroxylation is 2. The lowest BCUT2D eigenvalue weighted by atomic mass is 9.96. The summed E-state index contributed by atoms with van der Waals surface area (Å²) < 4.78 is 0. The molecule has 1 saturated heterocycles. The summed E-state index contributed by atoms with van der Waals surface area (Å²) in [7, 11) is 0. The van der Waals surface area contributed by atoms with Crippen molar-refractivity contribution in [2.75, 3.05) is 25.0 Å². The van der Waals surface area contributed by atoms with Crippen molar-refractivity contribution < 1.29 is 0 Å². The summed E-state index contributed by atoms with van der Waals surface area (Å²) >= 11 is 0. The highest BCUT2D eigenvalue weighted by Crippen LogP contribution is 2.26. The fourth-order valence-electron chi connectivity index (χ4n) is 2.68. The number of nitrogens with zero attached hydrogens (tertiary/aromatic N) is 1. The van der Waals surface area contributed by atoms with E-state index in [1.54, 1.807) is 0 Å². The predicted molar refractivity (Wildman–Crippen MR) is 68.0 cm³/mol. The fourth-order valence-corrected chi connectivity index (χ4v) is 2.68. The lowest BCUT2D eigenvalue weighted by Gasteiger charge is -2.36. The number of benzene rings is 1. The van der Waals surface area contributed by atoms with E-state index in [2.05, 4.69) is 35.3 Å². The zero-order valence-electron chi connectivity index (χ0n) is 10.00. The van der Waals surface area contributed by atoms with Crippen molar-refractivity contribution in [2.24, 2.45) is 0 Å². The third-order valence-electron chi connectivity index (χ3n) is 3.81. The summed E-state index contributed by atoms with van der Waals surface area (Å²) in [5.41, 5.74) is 4.22. The zero-order chi connectivity index (χ0) is 11.0. The Bertz CT molecular complexity index is 382. The first-order chi connectivity index (χ1) is 7.81. The van der Waals surface area contributed by atoms with Crippen LogP contribution in [-0.2, 0) is 6.42 Å². The van der Waals surface area contributed by atoms with Gasteiger partial charge in [-0.05, 0) is 56.5 Å². The van der Waals surface area contributed by atoms with Crippen LogP contribution in [0, 0.1) is 6.92 Å². The van der Waals surface area contributed by atoms with Crippen molar-refractivity contribution in [1.29, 1.82) is 0 Å². The maximum absolute atomic E-state index is 3.70. The van der Waals surface area contributed by atoms with Crippen LogP contribution >= 0.6 is 0 Å². The Morgan fingerprint density at radius 3 is 3.00 bits per heavy atom. The number of hydrogen-bond donors (Lipinski definition) is 1. The van der Waals surface area contributed by atoms with Crippen LogP contribution in [-0.4, -0.2) is 30.6 Å². The number of rotatable bonds is 2. The van der Waals surface area contributed by atoms with E-state index in [9.17, 15) is 0 Å². The molecule has 2 aliphatic heterocycles. The molecule has 1 fully saturated rings. The molecule has 2 heteroatoms. The molecule has 1 aromatic carbocycles. The molecule has 0 spiro atoms. The molecule has 0 saturated carbocycles. The average molecular weight is 216 g/mol. The van der Waals surface area contributed by atoms with Gasteiger partial charge in [0.05, 0.1) is 0 Å². The topological polar surface area (TPSA) is 15.3 Å². The number of nitrogens with one attached hydrogen (secondary N) is 1. The highest BCUT2D eigenvalue weighted by atomic mass is 15.2. The lowest BCUT2D eigenvalue weighted by Crippen LogP contribution is -2.45. The van der Waals surface area contributed by atoms with Gasteiger partial charge in [-0.25, -0.2) is 0 Å². The highest BCUT2D eigenvalue weighted by molar-refractivity contribution is 5.55. The van der Waals surface area contributed by atoms with Crippen LogP contribution in [0.15, 0.2) is 18.2 Å². The van der Waals surface area contributed by atoms with Gasteiger partial charge in [-0.2, -0.15) is 0 Å². The van der Waals surface area contributed by atoms with E-state index >= 15 is 0 Å². The molecule has 16 heavy (non-hydrogen) atoms. The molecule has 0 aromatic heterocycles. The Labute approximate surface area is 97.6 Å². The Kier molecular flexibility index (Phi) is 2.60. The first kappa shape index (κ1) is 10.2. The third-order valence-corrected chi connectivity index (χ3v) is 3.81. The second kappa shape index (κ2) is 4.10. The summed E-state index contributed by atoms with van der Waals surface area (Å²) in [5, 5.41) is 3.70. The summed E-state index contributed by atoms with van der Waals surface area (Å²) in [5.74, 6) is 0. The molecule has 1 atom stereocenters. The van der Waals surface area contributed by atoms with Crippen molar-refractivity contribution >= 4 is 5.69 Å². The van der Waals surface area contributed by atoms with E-state index < -0.39 is 0 Å². The molecular formula is C14H20N2. The number of likely N-dealkylation sites (tertiary alicyclic amines) is 1. The summed E-state index contributed by atoms with van der Waals surface area (Å²) in [4.78, 5) is 2.55. The largest absolute Gasteiger partial charge is 0.381 e. The second-order valence-electron chi connectivity index (χ2n) is 5.19. The standard InChI is InChI=1S/C14H20N2/c1-11-3-4-12-5-6-13(15-14(12)9-11)10-16-7-2-8-16/h3-4,9,13,15H,2,5-8,10H2,1H3. The zero-order valence-corrected chi connectivity index (χ0v) is 10.00. The minimum Gasteiger partial charge on any atom is -0.381 e. The Hall–Kier alpha value is -1.02. The molecule has 1 unspecified atom stereocenters. The summed E-state index contributed by atoms with van der Waals surface area (Å²) in [6, 6.07) is 7.44. The first-order valence-corrected chi connectivity index (χ1v) is 6.40. The van der Waals surface area contributed by atoms with Crippen molar-refractivity contribution in [1.82, 2.24) is 4.90 Å². The van der Waals surface area contributed by atoms with E-state index in [0.29, 0.717) is 6.04 Å². The van der Waals surface area contributed by atoms with Gasteiger partial charge in [-0.1, -0.05) is 12.1 Å². The Morgan fingerprint density at radius 1 is 1.38 bits per heavy atom. The molecule has 0 bridgehead atoms. The molecule has 86 valence electrons. The quantitative estimate of drug-likeness (QED) is 0.817. The van der Waals surface area contributed by atoms with E-state index in [-0.39, 0.29) is 0 Å². The van der Waals surface area contributed by atoms with Crippen molar-refractivity contribution in [3.8, 4) is 0 Å². The van der Waals surface area contributed by atoms with Gasteiger partial charge in [0.25, 0.3) is 0 Å². The van der Waals surface area contributed by atoms with Gasteiger partial charge in [0.15, 0.2) is 0 Å². The van der Waals surface area contributed by atoms with Crippen molar-refractivity contribution in [3.63, 3.8) is 0 Å². The van der Waals surface area contributed by atoms with Crippen LogP contribution in [0.4, 0.5) is 5.69 Å². The van der Waals surface area contributed by atoms with Crippen LogP contribution in [0.5, 0.6) is 0 Å². The smallest absolute Gasteiger partial charge is 0.0391 e. The van der Waals surface area contributed by atoms with Gasteiger partial charge >= 0.3 is 0 Å². The van der Waals surface area contributed by atoms with Crippen LogP contribution in [0.25, 0.3) is 0 Å². The van der Waals surface area contributed by atoms with Gasteiger partial charge in [0, 0.05) is 18.3 Å². The molecule has 3 rings (SSSR count). The third kappa shape index (κ3) is 1.94. The fraction of sp³-hybridized carbons (Fsp3) is 0.571. The van der Waals surface area contributed by atoms with Gasteiger partial charge in [-0.15, -0.1) is 0 Å². The summed E-state index contributed by atoms with van der Waals surface area (Å²) in [6.07, 6.45) is 3.91. The maximum atomic E-state index is 3.70. The Balaban J connectivity index is 1.69. The van der Waals surface area contributed by atoms with Crippen LogP contribution < -0.4 is 5.32 Å². The molecular weight excluding hydrogens is 196 g/mol. The SMILES string of the molecule is Cc1ccc2c(c1)NC(CN1CCC1)CC2.